The number of hydrogen-bond donors (Lipinski definition) is 1. The molecule has 2 atom stereocenters. The zero-order valence-corrected chi connectivity index (χ0v) is 12.8. The summed E-state index contributed by atoms with van der Waals surface area (Å²) in [5.74, 6) is 1.53. The average Bonchev–Trinajstić information content (AvgIpc) is 2.54. The highest BCUT2D eigenvalue weighted by molar-refractivity contribution is 5.55. The number of nitrogen functional groups attached to an aromatic ring is 1. The van der Waals surface area contributed by atoms with Crippen LogP contribution in [0.4, 0.5) is 11.5 Å². The quantitative estimate of drug-likeness (QED) is 0.924. The van der Waals surface area contributed by atoms with E-state index < -0.39 is 0 Å². The Morgan fingerprint density at radius 2 is 2.24 bits per heavy atom. The predicted molar refractivity (Wildman–Crippen MR) is 83.8 cm³/mol. The third-order valence-electron chi connectivity index (χ3n) is 4.34. The number of rotatable bonds is 4. The van der Waals surface area contributed by atoms with E-state index in [1.54, 1.807) is 0 Å². The van der Waals surface area contributed by atoms with Gasteiger partial charge in [-0.15, -0.1) is 0 Å². The third-order valence-corrected chi connectivity index (χ3v) is 4.34. The highest BCUT2D eigenvalue weighted by Crippen LogP contribution is 2.32. The zero-order valence-electron chi connectivity index (χ0n) is 12.8. The van der Waals surface area contributed by atoms with E-state index in [1.165, 1.54) is 19.3 Å². The number of fused-ring (bicyclic) bond motifs is 1. The van der Waals surface area contributed by atoms with Crippen LogP contribution in [0.5, 0.6) is 5.88 Å². The molecule has 0 spiro atoms. The Labute approximate surface area is 126 Å². The molecule has 5 heteroatoms. The van der Waals surface area contributed by atoms with Gasteiger partial charge in [-0.2, -0.15) is 4.98 Å². The summed E-state index contributed by atoms with van der Waals surface area (Å²) >= 11 is 0. The van der Waals surface area contributed by atoms with Crippen LogP contribution in [0.1, 0.15) is 39.0 Å². The summed E-state index contributed by atoms with van der Waals surface area (Å²) in [6.07, 6.45) is 6.20. The fraction of sp³-hybridized carbons (Fsp3) is 0.688. The molecule has 1 aromatic heterocycles. The van der Waals surface area contributed by atoms with Crippen molar-refractivity contribution in [2.75, 3.05) is 30.4 Å². The van der Waals surface area contributed by atoms with E-state index in [9.17, 15) is 0 Å². The van der Waals surface area contributed by atoms with Crippen molar-refractivity contribution in [1.82, 2.24) is 4.98 Å². The number of aromatic nitrogens is 1. The molecule has 1 saturated carbocycles. The number of pyridine rings is 1. The fourth-order valence-corrected chi connectivity index (χ4v) is 3.30. The van der Waals surface area contributed by atoms with E-state index in [1.807, 2.05) is 12.1 Å². The van der Waals surface area contributed by atoms with Gasteiger partial charge < -0.3 is 20.1 Å². The molecule has 1 aromatic rings. The molecule has 2 aliphatic rings. The minimum atomic E-state index is 0.354. The topological polar surface area (TPSA) is 60.6 Å². The van der Waals surface area contributed by atoms with E-state index in [2.05, 4.69) is 16.8 Å². The van der Waals surface area contributed by atoms with Crippen molar-refractivity contribution in [3.8, 4) is 5.88 Å². The number of anilines is 2. The molecule has 0 amide bonds. The van der Waals surface area contributed by atoms with Crippen LogP contribution in [-0.4, -0.2) is 36.9 Å². The molecule has 5 nitrogen and oxygen atoms in total. The van der Waals surface area contributed by atoms with E-state index in [-0.39, 0.29) is 0 Å². The van der Waals surface area contributed by atoms with Gasteiger partial charge in [0.1, 0.15) is 5.82 Å². The number of morpholine rings is 1. The Morgan fingerprint density at radius 3 is 3.10 bits per heavy atom. The lowest BCUT2D eigenvalue weighted by molar-refractivity contribution is -0.00902. The van der Waals surface area contributed by atoms with E-state index in [0.717, 1.165) is 31.8 Å². The second-order valence-electron chi connectivity index (χ2n) is 5.87. The van der Waals surface area contributed by atoms with Gasteiger partial charge in [0.2, 0.25) is 5.88 Å². The van der Waals surface area contributed by atoms with Crippen LogP contribution in [0.15, 0.2) is 12.1 Å². The van der Waals surface area contributed by atoms with Gasteiger partial charge >= 0.3 is 0 Å². The van der Waals surface area contributed by atoms with Crippen LogP contribution in [0.2, 0.25) is 0 Å². The fourth-order valence-electron chi connectivity index (χ4n) is 3.30. The van der Waals surface area contributed by atoms with E-state index >= 15 is 0 Å². The first-order chi connectivity index (χ1) is 10.3. The molecule has 0 bridgehead atoms. The second-order valence-corrected chi connectivity index (χ2v) is 5.87. The summed E-state index contributed by atoms with van der Waals surface area (Å²) in [5.41, 5.74) is 6.57. The molecule has 0 aromatic carbocycles. The van der Waals surface area contributed by atoms with Crippen LogP contribution in [0.25, 0.3) is 0 Å². The molecule has 2 fully saturated rings. The number of nitrogens with zero attached hydrogens (tertiary/aromatic N) is 2. The highest BCUT2D eigenvalue weighted by Gasteiger charge is 2.35. The van der Waals surface area contributed by atoms with Crippen molar-refractivity contribution < 1.29 is 9.47 Å². The van der Waals surface area contributed by atoms with E-state index in [0.29, 0.717) is 30.3 Å². The van der Waals surface area contributed by atoms with Crippen LogP contribution in [0.3, 0.4) is 0 Å². The summed E-state index contributed by atoms with van der Waals surface area (Å²) in [7, 11) is 0. The van der Waals surface area contributed by atoms with Crippen molar-refractivity contribution >= 4 is 11.5 Å². The maximum Gasteiger partial charge on any atom is 0.239 e. The van der Waals surface area contributed by atoms with Gasteiger partial charge in [-0.3, -0.25) is 0 Å². The molecule has 2 heterocycles. The SMILES string of the molecule is CCCOc1nc(N2CCOC3CCCCC32)ccc1N. The molecule has 3 rings (SSSR count). The van der Waals surface area contributed by atoms with Crippen LogP contribution in [0, 0.1) is 0 Å². The standard InChI is InChI=1S/C16H25N3O2/c1-2-10-21-16-12(17)7-8-15(18-16)19-9-11-20-14-6-4-3-5-13(14)19/h7-8,13-14H,2-6,9-11,17H2,1H3. The molecule has 0 radical (unpaired) electrons. The third kappa shape index (κ3) is 3.07. The number of nitrogens with two attached hydrogens (primary N) is 1. The normalized spacial score (nSPS) is 25.5. The summed E-state index contributed by atoms with van der Waals surface area (Å²) in [6.45, 7) is 4.40. The molecule has 2 unspecified atom stereocenters. The first-order valence-corrected chi connectivity index (χ1v) is 8.07. The smallest absolute Gasteiger partial charge is 0.239 e. The molecule has 21 heavy (non-hydrogen) atoms. The van der Waals surface area contributed by atoms with Gasteiger partial charge in [-0.25, -0.2) is 0 Å². The van der Waals surface area contributed by atoms with Crippen LogP contribution in [-0.2, 0) is 4.74 Å². The first kappa shape index (κ1) is 14.4. The predicted octanol–water partition coefficient (Wildman–Crippen LogP) is 2.60. The Morgan fingerprint density at radius 1 is 1.38 bits per heavy atom. The minimum absolute atomic E-state index is 0.354. The zero-order chi connectivity index (χ0) is 14.7. The second kappa shape index (κ2) is 6.52. The van der Waals surface area contributed by atoms with Gasteiger partial charge in [-0.05, 0) is 31.4 Å². The lowest BCUT2D eigenvalue weighted by Gasteiger charge is -2.44. The maximum atomic E-state index is 5.96. The largest absolute Gasteiger partial charge is 0.476 e. The highest BCUT2D eigenvalue weighted by atomic mass is 16.5. The Bertz CT molecular complexity index is 479. The Hall–Kier alpha value is -1.49. The number of hydrogen-bond acceptors (Lipinski definition) is 5. The monoisotopic (exact) mass is 291 g/mol. The molecule has 1 aliphatic carbocycles. The van der Waals surface area contributed by atoms with Crippen molar-refractivity contribution in [2.24, 2.45) is 0 Å². The molecule has 1 saturated heterocycles. The van der Waals surface area contributed by atoms with Gasteiger partial charge in [0.15, 0.2) is 0 Å². The van der Waals surface area contributed by atoms with Crippen molar-refractivity contribution in [2.45, 2.75) is 51.2 Å². The summed E-state index contributed by atoms with van der Waals surface area (Å²) in [4.78, 5) is 7.03. The molecular weight excluding hydrogens is 266 g/mol. The minimum Gasteiger partial charge on any atom is -0.476 e. The van der Waals surface area contributed by atoms with Gasteiger partial charge in [-0.1, -0.05) is 19.8 Å². The van der Waals surface area contributed by atoms with Crippen LogP contribution >= 0.6 is 0 Å². The van der Waals surface area contributed by atoms with Crippen molar-refractivity contribution in [3.05, 3.63) is 12.1 Å². The lowest BCUT2D eigenvalue weighted by atomic mass is 9.90. The maximum absolute atomic E-state index is 5.96. The van der Waals surface area contributed by atoms with Crippen molar-refractivity contribution in [1.29, 1.82) is 0 Å². The van der Waals surface area contributed by atoms with Gasteiger partial charge in [0, 0.05) is 6.54 Å². The summed E-state index contributed by atoms with van der Waals surface area (Å²) in [6, 6.07) is 4.36. The van der Waals surface area contributed by atoms with Crippen LogP contribution < -0.4 is 15.4 Å². The molecule has 1 aliphatic heterocycles. The molecule has 116 valence electrons. The Kier molecular flexibility index (Phi) is 4.48. The van der Waals surface area contributed by atoms with Gasteiger partial charge in [0.05, 0.1) is 31.0 Å². The summed E-state index contributed by atoms with van der Waals surface area (Å²) in [5, 5.41) is 0. The molecular formula is C16H25N3O2. The first-order valence-electron chi connectivity index (χ1n) is 8.07. The average molecular weight is 291 g/mol. The molecule has 2 N–H and O–H groups in total. The van der Waals surface area contributed by atoms with E-state index in [4.69, 9.17) is 15.2 Å². The van der Waals surface area contributed by atoms with Gasteiger partial charge in [0.25, 0.3) is 0 Å². The van der Waals surface area contributed by atoms with Crippen molar-refractivity contribution in [3.63, 3.8) is 0 Å². The Balaban J connectivity index is 1.81. The lowest BCUT2D eigenvalue weighted by Crippen LogP contribution is -2.53. The number of ether oxygens (including phenoxy) is 2. The summed E-state index contributed by atoms with van der Waals surface area (Å²) < 4.78 is 11.6.